The molecule has 0 unspecified atom stereocenters. The molecule has 2 atom stereocenters. The molecule has 0 heterocycles. The third-order valence-corrected chi connectivity index (χ3v) is 4.82. The van der Waals surface area contributed by atoms with E-state index in [0.29, 0.717) is 12.8 Å². The van der Waals surface area contributed by atoms with Gasteiger partial charge in [0.05, 0.1) is 12.5 Å². The van der Waals surface area contributed by atoms with Crippen LogP contribution >= 0.6 is 0 Å². The molecule has 0 spiro atoms. The highest BCUT2D eigenvalue weighted by atomic mass is 16.7. The summed E-state index contributed by atoms with van der Waals surface area (Å²) in [7, 11) is 0. The van der Waals surface area contributed by atoms with E-state index in [0.717, 1.165) is 16.2 Å². The summed E-state index contributed by atoms with van der Waals surface area (Å²) in [6.45, 7) is 6.02. The maximum Gasteiger partial charge on any atom is 0.328 e. The van der Waals surface area contributed by atoms with Gasteiger partial charge in [-0.2, -0.15) is 0 Å². The van der Waals surface area contributed by atoms with Gasteiger partial charge < -0.3 is 10.1 Å². The van der Waals surface area contributed by atoms with Gasteiger partial charge in [0.25, 0.3) is 0 Å². The quantitative estimate of drug-likeness (QED) is 0.293. The number of carbonyl (C=O) groups excluding carboxylic acids is 3. The van der Waals surface area contributed by atoms with Crippen molar-refractivity contribution >= 4 is 18.3 Å². The Morgan fingerprint density at radius 3 is 2.03 bits per heavy atom. The molecule has 0 fully saturated rings. The van der Waals surface area contributed by atoms with Crippen molar-refractivity contribution in [3.63, 3.8) is 0 Å². The lowest BCUT2D eigenvalue weighted by atomic mass is 9.96. The zero-order chi connectivity index (χ0) is 23.3. The van der Waals surface area contributed by atoms with Crippen molar-refractivity contribution in [3.8, 4) is 0 Å². The van der Waals surface area contributed by atoms with E-state index >= 15 is 0 Å². The normalized spacial score (nSPS) is 12.6. The highest BCUT2D eigenvalue weighted by molar-refractivity contribution is 5.85. The van der Waals surface area contributed by atoms with Gasteiger partial charge in [0.2, 0.25) is 12.3 Å². The van der Waals surface area contributed by atoms with E-state index in [1.165, 1.54) is 0 Å². The molecule has 7 nitrogen and oxygen atoms in total. The van der Waals surface area contributed by atoms with Crippen LogP contribution in [-0.2, 0) is 37.2 Å². The summed E-state index contributed by atoms with van der Waals surface area (Å²) in [6.07, 6.45) is 1.11. The van der Waals surface area contributed by atoms with Crippen LogP contribution < -0.4 is 5.32 Å². The van der Waals surface area contributed by atoms with Crippen LogP contribution in [0.4, 0.5) is 0 Å². The van der Waals surface area contributed by atoms with E-state index < -0.39 is 17.9 Å². The molecule has 0 aliphatic rings. The van der Waals surface area contributed by atoms with E-state index in [1.807, 2.05) is 74.5 Å². The van der Waals surface area contributed by atoms with E-state index in [9.17, 15) is 14.4 Å². The molecule has 172 valence electrons. The minimum absolute atomic E-state index is 0.0894. The first-order valence-corrected chi connectivity index (χ1v) is 10.8. The summed E-state index contributed by atoms with van der Waals surface area (Å²) in [5.41, 5.74) is 1.79. The van der Waals surface area contributed by atoms with Crippen LogP contribution in [0.5, 0.6) is 0 Å². The minimum atomic E-state index is -0.809. The number of benzene rings is 2. The number of hydroxylamine groups is 2. The lowest BCUT2D eigenvalue weighted by Gasteiger charge is -2.25. The fourth-order valence-electron chi connectivity index (χ4n) is 3.15. The fourth-order valence-corrected chi connectivity index (χ4v) is 3.15. The Hall–Kier alpha value is -3.19. The molecule has 0 bridgehead atoms. The van der Waals surface area contributed by atoms with E-state index in [2.05, 4.69) is 5.32 Å². The molecular weight excluding hydrogens is 408 g/mol. The molecule has 2 rings (SSSR count). The first-order valence-electron chi connectivity index (χ1n) is 10.8. The number of hydrogen-bond donors (Lipinski definition) is 1. The number of hydrogen-bond acceptors (Lipinski definition) is 5. The summed E-state index contributed by atoms with van der Waals surface area (Å²) in [5, 5.41) is 3.85. The standard InChI is InChI=1S/C25H32N2O5/c1-19(2)14-23(15-27(18-28)32-17-22-12-8-5-9-13-22)24(29)26-20(3)25(30)31-16-21-10-6-4-7-11-21/h4-13,18-20,23H,14-17H2,1-3H3,(H,26,29)/t20-,23-/m1/s1. The average Bonchev–Trinajstić information content (AvgIpc) is 2.80. The zero-order valence-corrected chi connectivity index (χ0v) is 18.9. The van der Waals surface area contributed by atoms with E-state index in [1.54, 1.807) is 6.92 Å². The van der Waals surface area contributed by atoms with Crippen LogP contribution in [0.15, 0.2) is 60.7 Å². The summed E-state index contributed by atoms with van der Waals surface area (Å²) in [6, 6.07) is 18.0. The maximum absolute atomic E-state index is 12.9. The second-order valence-corrected chi connectivity index (χ2v) is 8.11. The molecule has 32 heavy (non-hydrogen) atoms. The summed E-state index contributed by atoms with van der Waals surface area (Å²) in [5.74, 6) is -1.15. The predicted octanol–water partition coefficient (Wildman–Crippen LogP) is 3.49. The van der Waals surface area contributed by atoms with Gasteiger partial charge in [-0.15, -0.1) is 0 Å². The van der Waals surface area contributed by atoms with Gasteiger partial charge in [0.15, 0.2) is 0 Å². The SMILES string of the molecule is CC(C)C[C@H](CN(C=O)OCc1ccccc1)C(=O)N[C@H](C)C(=O)OCc1ccccc1. The van der Waals surface area contributed by atoms with Gasteiger partial charge in [-0.3, -0.25) is 14.4 Å². The Balaban J connectivity index is 1.90. The topological polar surface area (TPSA) is 84.9 Å². The Labute approximate surface area is 189 Å². The van der Waals surface area contributed by atoms with Crippen LogP contribution in [0.25, 0.3) is 0 Å². The summed E-state index contributed by atoms with van der Waals surface area (Å²) in [4.78, 5) is 42.3. The third-order valence-electron chi connectivity index (χ3n) is 4.82. The van der Waals surface area contributed by atoms with Crippen LogP contribution in [0, 0.1) is 11.8 Å². The van der Waals surface area contributed by atoms with Crippen LogP contribution in [0.3, 0.4) is 0 Å². The van der Waals surface area contributed by atoms with E-state index in [4.69, 9.17) is 9.57 Å². The maximum atomic E-state index is 12.9. The highest BCUT2D eigenvalue weighted by Gasteiger charge is 2.26. The van der Waals surface area contributed by atoms with Crippen molar-refractivity contribution in [1.29, 1.82) is 0 Å². The molecule has 0 saturated heterocycles. The van der Waals surface area contributed by atoms with Gasteiger partial charge in [-0.1, -0.05) is 74.5 Å². The number of esters is 1. The number of carbonyl (C=O) groups is 3. The minimum Gasteiger partial charge on any atom is -0.459 e. The van der Waals surface area contributed by atoms with Gasteiger partial charge in [-0.25, -0.2) is 9.86 Å². The smallest absolute Gasteiger partial charge is 0.328 e. The molecule has 0 aromatic heterocycles. The van der Waals surface area contributed by atoms with Gasteiger partial charge >= 0.3 is 5.97 Å². The Bertz CT molecular complexity index is 842. The number of nitrogens with one attached hydrogen (secondary N) is 1. The molecule has 0 aliphatic carbocycles. The number of ether oxygens (including phenoxy) is 1. The second-order valence-electron chi connectivity index (χ2n) is 8.11. The fraction of sp³-hybridized carbons (Fsp3) is 0.400. The van der Waals surface area contributed by atoms with Crippen molar-refractivity contribution in [3.05, 3.63) is 71.8 Å². The predicted molar refractivity (Wildman–Crippen MR) is 121 cm³/mol. The van der Waals surface area contributed by atoms with Crippen LogP contribution in [0.2, 0.25) is 0 Å². The summed E-state index contributed by atoms with van der Waals surface area (Å²) >= 11 is 0. The van der Waals surface area contributed by atoms with E-state index in [-0.39, 0.29) is 31.6 Å². The first kappa shape index (κ1) is 25.1. The molecule has 7 heteroatoms. The third kappa shape index (κ3) is 8.89. The highest BCUT2D eigenvalue weighted by Crippen LogP contribution is 2.15. The van der Waals surface area contributed by atoms with Gasteiger partial charge in [-0.05, 0) is 30.4 Å². The lowest BCUT2D eigenvalue weighted by Crippen LogP contribution is -2.45. The molecule has 2 aromatic rings. The van der Waals surface area contributed by atoms with Crippen LogP contribution in [0.1, 0.15) is 38.3 Å². The molecule has 1 N–H and O–H groups in total. The largest absolute Gasteiger partial charge is 0.459 e. The van der Waals surface area contributed by atoms with Crippen molar-refractivity contribution in [2.75, 3.05) is 6.54 Å². The van der Waals surface area contributed by atoms with Crippen molar-refractivity contribution < 1.29 is 24.0 Å². The molecule has 0 saturated carbocycles. The van der Waals surface area contributed by atoms with Crippen molar-refractivity contribution in [2.24, 2.45) is 11.8 Å². The Morgan fingerprint density at radius 2 is 1.50 bits per heavy atom. The molecular formula is C25H32N2O5. The van der Waals surface area contributed by atoms with Gasteiger partial charge in [0, 0.05) is 0 Å². The van der Waals surface area contributed by atoms with Crippen molar-refractivity contribution in [1.82, 2.24) is 10.4 Å². The number of amides is 2. The molecule has 2 aromatic carbocycles. The van der Waals surface area contributed by atoms with Crippen molar-refractivity contribution in [2.45, 2.75) is 46.4 Å². The molecule has 0 radical (unpaired) electrons. The monoisotopic (exact) mass is 440 g/mol. The van der Waals surface area contributed by atoms with Gasteiger partial charge in [0.1, 0.15) is 19.3 Å². The first-order chi connectivity index (χ1) is 15.4. The average molecular weight is 441 g/mol. The second kappa shape index (κ2) is 13.3. The number of rotatable bonds is 13. The number of nitrogens with zero attached hydrogens (tertiary/aromatic N) is 1. The zero-order valence-electron chi connectivity index (χ0n) is 18.9. The Kier molecular flexibility index (Phi) is 10.4. The summed E-state index contributed by atoms with van der Waals surface area (Å²) < 4.78 is 5.30. The Morgan fingerprint density at radius 1 is 0.938 bits per heavy atom. The molecule has 0 aliphatic heterocycles. The molecule has 2 amide bonds. The lowest BCUT2D eigenvalue weighted by molar-refractivity contribution is -0.182. The van der Waals surface area contributed by atoms with Crippen LogP contribution in [-0.4, -0.2) is 35.9 Å².